The average Bonchev–Trinajstić information content (AvgIpc) is 2.56. The van der Waals surface area contributed by atoms with Crippen molar-refractivity contribution in [1.29, 1.82) is 0 Å². The Balaban J connectivity index is 1.94. The lowest BCUT2D eigenvalue weighted by Gasteiger charge is -2.32. The molecule has 0 fully saturated rings. The molecule has 1 aliphatic rings. The molecule has 0 unspecified atom stereocenters. The molecule has 25 heavy (non-hydrogen) atoms. The van der Waals surface area contributed by atoms with E-state index in [-0.39, 0.29) is 18.9 Å². The Morgan fingerprint density at radius 2 is 2.08 bits per heavy atom. The summed E-state index contributed by atoms with van der Waals surface area (Å²) in [6.45, 7) is -0.318. The highest BCUT2D eigenvalue weighted by Crippen LogP contribution is 2.17. The molecular formula is C17H22FN3O4. The number of aliphatic hydroxyl groups excluding tert-OH is 1. The molecule has 0 radical (unpaired) electrons. The second kappa shape index (κ2) is 8.59. The molecule has 0 spiro atoms. The average molecular weight is 351 g/mol. The first-order valence-corrected chi connectivity index (χ1v) is 7.87. The van der Waals surface area contributed by atoms with E-state index in [1.165, 1.54) is 23.1 Å². The first kappa shape index (κ1) is 18.9. The van der Waals surface area contributed by atoms with E-state index >= 15 is 0 Å². The molecule has 1 aromatic rings. The van der Waals surface area contributed by atoms with Crippen molar-refractivity contribution in [3.63, 3.8) is 0 Å². The summed E-state index contributed by atoms with van der Waals surface area (Å²) in [7, 11) is 3.30. The molecule has 2 rings (SSSR count). The Hall–Kier alpha value is -2.45. The minimum atomic E-state index is -0.678. The van der Waals surface area contributed by atoms with E-state index in [1.54, 1.807) is 32.3 Å². The van der Waals surface area contributed by atoms with Gasteiger partial charge in [-0.15, -0.1) is 0 Å². The second-order valence-electron chi connectivity index (χ2n) is 5.91. The predicted molar refractivity (Wildman–Crippen MR) is 90.5 cm³/mol. The first-order chi connectivity index (χ1) is 11.9. The fourth-order valence-corrected chi connectivity index (χ4v) is 2.38. The topological polar surface area (TPSA) is 90.9 Å². The zero-order chi connectivity index (χ0) is 18.4. The van der Waals surface area contributed by atoms with E-state index in [2.05, 4.69) is 10.6 Å². The van der Waals surface area contributed by atoms with Crippen LogP contribution in [-0.4, -0.2) is 60.9 Å². The van der Waals surface area contributed by atoms with Gasteiger partial charge in [0, 0.05) is 19.8 Å². The van der Waals surface area contributed by atoms with Gasteiger partial charge in [-0.05, 0) is 18.2 Å². The van der Waals surface area contributed by atoms with Gasteiger partial charge >= 0.3 is 6.03 Å². The van der Waals surface area contributed by atoms with Crippen molar-refractivity contribution in [1.82, 2.24) is 10.2 Å². The maximum atomic E-state index is 13.1. The van der Waals surface area contributed by atoms with Gasteiger partial charge in [-0.1, -0.05) is 18.2 Å². The number of carbonyl (C=O) groups excluding carboxylic acids is 2. The third-order valence-corrected chi connectivity index (χ3v) is 3.72. The summed E-state index contributed by atoms with van der Waals surface area (Å²) >= 11 is 0. The Kier molecular flexibility index (Phi) is 6.49. The van der Waals surface area contributed by atoms with E-state index in [0.717, 1.165) is 0 Å². The molecule has 0 saturated heterocycles. The summed E-state index contributed by atoms with van der Waals surface area (Å²) in [6, 6.07) is 4.39. The largest absolute Gasteiger partial charge is 0.394 e. The van der Waals surface area contributed by atoms with Gasteiger partial charge in [0.15, 0.2) is 0 Å². The van der Waals surface area contributed by atoms with Gasteiger partial charge in [-0.2, -0.15) is 0 Å². The maximum Gasteiger partial charge on any atom is 0.319 e. The van der Waals surface area contributed by atoms with Crippen molar-refractivity contribution < 1.29 is 23.8 Å². The molecule has 3 amide bonds. The van der Waals surface area contributed by atoms with E-state index in [4.69, 9.17) is 4.74 Å². The van der Waals surface area contributed by atoms with Crippen LogP contribution in [0.2, 0.25) is 0 Å². The number of anilines is 1. The van der Waals surface area contributed by atoms with Gasteiger partial charge in [-0.3, -0.25) is 4.79 Å². The minimum Gasteiger partial charge on any atom is -0.394 e. The van der Waals surface area contributed by atoms with Crippen LogP contribution < -0.4 is 10.6 Å². The van der Waals surface area contributed by atoms with Gasteiger partial charge in [0.2, 0.25) is 5.91 Å². The number of hydrogen-bond acceptors (Lipinski definition) is 4. The number of halogens is 1. The smallest absolute Gasteiger partial charge is 0.319 e. The monoisotopic (exact) mass is 351 g/mol. The number of nitrogens with zero attached hydrogens (tertiary/aromatic N) is 1. The number of amides is 3. The molecule has 0 bridgehead atoms. The molecule has 1 aromatic carbocycles. The zero-order valence-electron chi connectivity index (χ0n) is 14.1. The fraction of sp³-hybridized carbons (Fsp3) is 0.412. The number of hydrogen-bond donors (Lipinski definition) is 3. The Bertz CT molecular complexity index is 651. The molecule has 7 nitrogen and oxygen atoms in total. The number of benzene rings is 1. The van der Waals surface area contributed by atoms with Crippen molar-refractivity contribution in [3.8, 4) is 0 Å². The molecule has 3 N–H and O–H groups in total. The van der Waals surface area contributed by atoms with Crippen LogP contribution in [-0.2, 0) is 9.53 Å². The highest BCUT2D eigenvalue weighted by Gasteiger charge is 2.29. The number of carbonyl (C=O) groups is 2. The number of urea groups is 1. The van der Waals surface area contributed by atoms with Crippen molar-refractivity contribution in [2.45, 2.75) is 24.7 Å². The summed E-state index contributed by atoms with van der Waals surface area (Å²) in [5.74, 6) is -0.554. The van der Waals surface area contributed by atoms with Crippen LogP contribution >= 0.6 is 0 Å². The molecule has 1 heterocycles. The normalized spacial score (nSPS) is 22.3. The quantitative estimate of drug-likeness (QED) is 0.693. The summed E-state index contributed by atoms with van der Waals surface area (Å²) in [5.41, 5.74) is 0.313. The van der Waals surface area contributed by atoms with E-state index < -0.39 is 30.1 Å². The van der Waals surface area contributed by atoms with Crippen LogP contribution in [0.15, 0.2) is 36.4 Å². The molecule has 1 aliphatic heterocycles. The minimum absolute atomic E-state index is 0.0957. The van der Waals surface area contributed by atoms with Crippen LogP contribution in [0.1, 0.15) is 6.42 Å². The first-order valence-electron chi connectivity index (χ1n) is 7.87. The molecule has 136 valence electrons. The lowest BCUT2D eigenvalue weighted by atomic mass is 10.0. The number of rotatable bonds is 5. The standard InChI is InChI=1S/C17H22FN3O4/c1-21(2)16(23)9-13-6-7-14(15(10-22)25-13)20-17(24)19-12-5-3-4-11(18)8-12/h3-8,13-15,22H,9-10H2,1-2H3,(H2,19,20,24)/t13-,14+,15+/m0/s1. The van der Waals surface area contributed by atoms with Crippen LogP contribution in [0, 0.1) is 5.82 Å². The predicted octanol–water partition coefficient (Wildman–Crippen LogP) is 1.11. The fourth-order valence-electron chi connectivity index (χ4n) is 2.38. The summed E-state index contributed by atoms with van der Waals surface area (Å²) < 4.78 is 18.8. The summed E-state index contributed by atoms with van der Waals surface area (Å²) in [4.78, 5) is 25.2. The number of ether oxygens (including phenoxy) is 1. The number of nitrogens with one attached hydrogen (secondary N) is 2. The second-order valence-corrected chi connectivity index (χ2v) is 5.91. The van der Waals surface area contributed by atoms with Gasteiger partial charge in [0.1, 0.15) is 11.9 Å². The molecule has 8 heteroatoms. The lowest BCUT2D eigenvalue weighted by molar-refractivity contribution is -0.132. The van der Waals surface area contributed by atoms with Crippen molar-refractivity contribution in [2.75, 3.05) is 26.0 Å². The Morgan fingerprint density at radius 1 is 1.32 bits per heavy atom. The highest BCUT2D eigenvalue weighted by molar-refractivity contribution is 5.89. The summed E-state index contributed by atoms with van der Waals surface area (Å²) in [6.07, 6.45) is 2.38. The Labute approximate surface area is 145 Å². The van der Waals surface area contributed by atoms with Crippen LogP contribution in [0.5, 0.6) is 0 Å². The Morgan fingerprint density at radius 3 is 2.72 bits per heavy atom. The lowest BCUT2D eigenvalue weighted by Crippen LogP contribution is -2.50. The van der Waals surface area contributed by atoms with Crippen molar-refractivity contribution >= 4 is 17.6 Å². The van der Waals surface area contributed by atoms with E-state index in [9.17, 15) is 19.1 Å². The van der Waals surface area contributed by atoms with E-state index in [0.29, 0.717) is 5.69 Å². The SMILES string of the molecule is CN(C)C(=O)C[C@@H]1C=C[C@@H](NC(=O)Nc2cccc(F)c2)[C@@H](CO)O1. The number of aliphatic hydroxyl groups is 1. The molecule has 0 aromatic heterocycles. The zero-order valence-corrected chi connectivity index (χ0v) is 14.1. The maximum absolute atomic E-state index is 13.1. The molecular weight excluding hydrogens is 329 g/mol. The van der Waals surface area contributed by atoms with E-state index in [1.807, 2.05) is 0 Å². The molecule has 0 aliphatic carbocycles. The third kappa shape index (κ3) is 5.54. The third-order valence-electron chi connectivity index (χ3n) is 3.72. The van der Waals surface area contributed by atoms with Crippen molar-refractivity contribution in [3.05, 3.63) is 42.2 Å². The van der Waals surface area contributed by atoms with Gasteiger partial charge in [0.05, 0.1) is 25.2 Å². The van der Waals surface area contributed by atoms with Crippen LogP contribution in [0.25, 0.3) is 0 Å². The van der Waals surface area contributed by atoms with Crippen molar-refractivity contribution in [2.24, 2.45) is 0 Å². The van der Waals surface area contributed by atoms with Gasteiger partial charge < -0.3 is 25.4 Å². The highest BCUT2D eigenvalue weighted by atomic mass is 19.1. The van der Waals surface area contributed by atoms with Crippen LogP contribution in [0.4, 0.5) is 14.9 Å². The van der Waals surface area contributed by atoms with Crippen LogP contribution in [0.3, 0.4) is 0 Å². The molecule has 0 saturated carbocycles. The van der Waals surface area contributed by atoms with Gasteiger partial charge in [0.25, 0.3) is 0 Å². The molecule has 3 atom stereocenters. The summed E-state index contributed by atoms with van der Waals surface area (Å²) in [5, 5.41) is 14.6. The van der Waals surface area contributed by atoms with Gasteiger partial charge in [-0.25, -0.2) is 9.18 Å².